The van der Waals surface area contributed by atoms with Gasteiger partial charge in [0, 0.05) is 12.6 Å². The summed E-state index contributed by atoms with van der Waals surface area (Å²) in [5.74, 6) is -0.645. The number of anilines is 2. The second-order valence-electron chi connectivity index (χ2n) is 4.60. The molecule has 0 atom stereocenters. The van der Waals surface area contributed by atoms with E-state index >= 15 is 0 Å². The van der Waals surface area contributed by atoms with Crippen LogP contribution in [0.4, 0.5) is 11.4 Å². The molecule has 0 aliphatic rings. The molecule has 1 amide bonds. The topological polar surface area (TPSA) is 95.5 Å². The van der Waals surface area contributed by atoms with Crippen molar-refractivity contribution in [3.05, 3.63) is 46.4 Å². The van der Waals surface area contributed by atoms with Crippen molar-refractivity contribution >= 4 is 50.5 Å². The summed E-state index contributed by atoms with van der Waals surface area (Å²) in [6, 6.07) is 8.21. The highest BCUT2D eigenvalue weighted by atomic mass is 35.5. The first-order chi connectivity index (χ1) is 10.7. The van der Waals surface area contributed by atoms with Crippen molar-refractivity contribution in [2.75, 3.05) is 10.0 Å². The number of sulfonamides is 1. The molecule has 23 heavy (non-hydrogen) atoms. The van der Waals surface area contributed by atoms with Crippen molar-refractivity contribution in [3.63, 3.8) is 0 Å². The second kappa shape index (κ2) is 6.66. The minimum Gasteiger partial charge on any atom is -0.505 e. The van der Waals surface area contributed by atoms with Crippen molar-refractivity contribution < 1.29 is 18.3 Å². The number of aromatic hydroxyl groups is 1. The van der Waals surface area contributed by atoms with E-state index < -0.39 is 10.0 Å². The van der Waals surface area contributed by atoms with E-state index in [9.17, 15) is 18.3 Å². The van der Waals surface area contributed by atoms with E-state index in [1.165, 1.54) is 37.3 Å². The number of hydrogen-bond donors (Lipinski definition) is 3. The van der Waals surface area contributed by atoms with Crippen LogP contribution >= 0.6 is 23.2 Å². The van der Waals surface area contributed by atoms with Gasteiger partial charge in [-0.15, -0.1) is 0 Å². The number of phenolic OH excluding ortho intramolecular Hbond substituents is 1. The Balaban J connectivity index is 2.34. The normalized spacial score (nSPS) is 11.1. The molecule has 0 bridgehead atoms. The fourth-order valence-corrected chi connectivity index (χ4v) is 3.36. The van der Waals surface area contributed by atoms with Gasteiger partial charge in [0.2, 0.25) is 5.91 Å². The molecule has 2 aromatic carbocycles. The Bertz CT molecular complexity index is 846. The highest BCUT2D eigenvalue weighted by Crippen LogP contribution is 2.35. The number of phenols is 1. The molecule has 0 unspecified atom stereocenters. The molecule has 122 valence electrons. The smallest absolute Gasteiger partial charge is 0.261 e. The van der Waals surface area contributed by atoms with Crippen molar-refractivity contribution in [2.24, 2.45) is 0 Å². The fraction of sp³-hybridized carbons (Fsp3) is 0.0714. The maximum absolute atomic E-state index is 12.4. The summed E-state index contributed by atoms with van der Waals surface area (Å²) < 4.78 is 27.1. The highest BCUT2D eigenvalue weighted by Gasteiger charge is 2.17. The van der Waals surface area contributed by atoms with E-state index in [2.05, 4.69) is 10.0 Å². The van der Waals surface area contributed by atoms with Crippen molar-refractivity contribution in [1.82, 2.24) is 0 Å². The van der Waals surface area contributed by atoms with Crippen molar-refractivity contribution in [3.8, 4) is 5.75 Å². The van der Waals surface area contributed by atoms with Crippen LogP contribution in [0.1, 0.15) is 6.92 Å². The summed E-state index contributed by atoms with van der Waals surface area (Å²) in [5.41, 5.74) is 0.449. The molecular formula is C14H12Cl2N2O4S. The van der Waals surface area contributed by atoms with Crippen LogP contribution in [0.15, 0.2) is 41.3 Å². The lowest BCUT2D eigenvalue weighted by Gasteiger charge is -2.11. The SMILES string of the molecule is CC(=O)Nc1cccc(S(=O)(=O)Nc2cc(Cl)c(O)c(Cl)c2)c1. The molecule has 0 fully saturated rings. The fourth-order valence-electron chi connectivity index (χ4n) is 1.78. The molecule has 0 radical (unpaired) electrons. The Hall–Kier alpha value is -1.96. The maximum Gasteiger partial charge on any atom is 0.261 e. The third-order valence-corrected chi connectivity index (χ3v) is 4.69. The summed E-state index contributed by atoms with van der Waals surface area (Å²) in [6.45, 7) is 1.32. The number of amides is 1. The summed E-state index contributed by atoms with van der Waals surface area (Å²) in [6.07, 6.45) is 0. The molecule has 0 aliphatic carbocycles. The van der Waals surface area contributed by atoms with Gasteiger partial charge in [-0.05, 0) is 30.3 Å². The largest absolute Gasteiger partial charge is 0.505 e. The van der Waals surface area contributed by atoms with Gasteiger partial charge in [-0.1, -0.05) is 29.3 Å². The summed E-state index contributed by atoms with van der Waals surface area (Å²) >= 11 is 11.5. The van der Waals surface area contributed by atoms with Crippen LogP contribution in [0.3, 0.4) is 0 Å². The van der Waals surface area contributed by atoms with Gasteiger partial charge in [0.15, 0.2) is 5.75 Å². The average Bonchev–Trinajstić information content (AvgIpc) is 2.44. The first-order valence-electron chi connectivity index (χ1n) is 6.27. The van der Waals surface area contributed by atoms with Crippen LogP contribution in [0.5, 0.6) is 5.75 Å². The highest BCUT2D eigenvalue weighted by molar-refractivity contribution is 7.92. The zero-order valence-corrected chi connectivity index (χ0v) is 14.1. The van der Waals surface area contributed by atoms with E-state index in [-0.39, 0.29) is 32.3 Å². The lowest BCUT2D eigenvalue weighted by molar-refractivity contribution is -0.114. The van der Waals surface area contributed by atoms with Gasteiger partial charge in [-0.3, -0.25) is 9.52 Å². The van der Waals surface area contributed by atoms with Crippen LogP contribution in [0, 0.1) is 0 Å². The molecule has 6 nitrogen and oxygen atoms in total. The van der Waals surface area contributed by atoms with Crippen LogP contribution in [0.25, 0.3) is 0 Å². The Labute approximate surface area is 143 Å². The Morgan fingerprint density at radius 2 is 1.70 bits per heavy atom. The van der Waals surface area contributed by atoms with E-state index in [4.69, 9.17) is 23.2 Å². The maximum atomic E-state index is 12.4. The molecule has 0 aromatic heterocycles. The Morgan fingerprint density at radius 3 is 2.26 bits per heavy atom. The minimum absolute atomic E-state index is 0.0518. The summed E-state index contributed by atoms with van der Waals surface area (Å²) in [5, 5.41) is 11.8. The summed E-state index contributed by atoms with van der Waals surface area (Å²) in [7, 11) is -3.92. The van der Waals surface area contributed by atoms with Gasteiger partial charge < -0.3 is 10.4 Å². The van der Waals surface area contributed by atoms with Crippen LogP contribution in [-0.4, -0.2) is 19.4 Å². The number of carbonyl (C=O) groups excluding carboxylic acids is 1. The van der Waals surface area contributed by atoms with E-state index in [0.717, 1.165) is 0 Å². The standard InChI is InChI=1S/C14H12Cl2N2O4S/c1-8(19)17-9-3-2-4-11(5-9)23(21,22)18-10-6-12(15)14(20)13(16)7-10/h2-7,18,20H,1H3,(H,17,19). The third-order valence-electron chi connectivity index (χ3n) is 2.73. The van der Waals surface area contributed by atoms with Crippen LogP contribution in [0.2, 0.25) is 10.0 Å². The number of halogens is 2. The van der Waals surface area contributed by atoms with E-state index in [0.29, 0.717) is 5.69 Å². The first kappa shape index (κ1) is 17.4. The lowest BCUT2D eigenvalue weighted by Crippen LogP contribution is -2.14. The monoisotopic (exact) mass is 374 g/mol. The third kappa shape index (κ3) is 4.28. The van der Waals surface area contributed by atoms with Crippen LogP contribution in [-0.2, 0) is 14.8 Å². The Morgan fingerprint density at radius 1 is 1.09 bits per heavy atom. The van der Waals surface area contributed by atoms with Gasteiger partial charge >= 0.3 is 0 Å². The number of rotatable bonds is 4. The molecule has 3 N–H and O–H groups in total. The van der Waals surface area contributed by atoms with E-state index in [1.807, 2.05) is 0 Å². The quantitative estimate of drug-likeness (QED) is 0.714. The average molecular weight is 375 g/mol. The molecule has 0 heterocycles. The number of hydrogen-bond acceptors (Lipinski definition) is 4. The first-order valence-corrected chi connectivity index (χ1v) is 8.51. The van der Waals surface area contributed by atoms with Gasteiger partial charge in [-0.2, -0.15) is 0 Å². The van der Waals surface area contributed by atoms with Crippen molar-refractivity contribution in [2.45, 2.75) is 11.8 Å². The molecule has 0 saturated heterocycles. The predicted octanol–water partition coefficient (Wildman–Crippen LogP) is 3.46. The molecule has 2 aromatic rings. The number of benzene rings is 2. The number of nitrogens with one attached hydrogen (secondary N) is 2. The van der Waals surface area contributed by atoms with Gasteiger partial charge in [0.05, 0.1) is 20.6 Å². The molecule has 0 spiro atoms. The zero-order valence-electron chi connectivity index (χ0n) is 11.8. The van der Waals surface area contributed by atoms with E-state index in [1.54, 1.807) is 6.07 Å². The van der Waals surface area contributed by atoms with Gasteiger partial charge in [-0.25, -0.2) is 8.42 Å². The number of carbonyl (C=O) groups is 1. The predicted molar refractivity (Wildman–Crippen MR) is 89.7 cm³/mol. The molecule has 0 saturated carbocycles. The van der Waals surface area contributed by atoms with Crippen LogP contribution < -0.4 is 10.0 Å². The zero-order chi connectivity index (χ0) is 17.2. The van der Waals surface area contributed by atoms with Crippen molar-refractivity contribution in [1.29, 1.82) is 0 Å². The molecular weight excluding hydrogens is 363 g/mol. The lowest BCUT2D eigenvalue weighted by atomic mass is 10.3. The minimum atomic E-state index is -3.92. The van der Waals surface area contributed by atoms with Gasteiger partial charge in [0.1, 0.15) is 0 Å². The van der Waals surface area contributed by atoms with Gasteiger partial charge in [0.25, 0.3) is 10.0 Å². The Kier molecular flexibility index (Phi) is 5.03. The molecule has 9 heteroatoms. The molecule has 2 rings (SSSR count). The second-order valence-corrected chi connectivity index (χ2v) is 7.10. The molecule has 0 aliphatic heterocycles. The summed E-state index contributed by atoms with van der Waals surface area (Å²) in [4.78, 5) is 11.0.